The first-order valence-corrected chi connectivity index (χ1v) is 12.0. The molecular weight excluding hydrogens is 468 g/mol. The molecule has 0 amide bonds. The minimum Gasteiger partial charge on any atom is -0.497 e. The second kappa shape index (κ2) is 9.54. The van der Waals surface area contributed by atoms with E-state index < -0.39 is 0 Å². The molecule has 1 aromatic heterocycles. The minimum atomic E-state index is -0.203. The van der Waals surface area contributed by atoms with Gasteiger partial charge in [0.2, 0.25) is 10.1 Å². The van der Waals surface area contributed by atoms with E-state index in [1.165, 1.54) is 9.79 Å². The quantitative estimate of drug-likeness (QED) is 0.131. The Kier molecular flexibility index (Phi) is 6.15. The normalized spacial score (nSPS) is 12.7. The molecule has 8 nitrogen and oxygen atoms in total. The van der Waals surface area contributed by atoms with Crippen LogP contribution in [0.5, 0.6) is 11.6 Å². The zero-order valence-corrected chi connectivity index (χ0v) is 19.9. The van der Waals surface area contributed by atoms with Crippen LogP contribution < -0.4 is 15.5 Å². The lowest BCUT2D eigenvalue weighted by Crippen LogP contribution is -2.04. The predicted molar refractivity (Wildman–Crippen MR) is 137 cm³/mol. The molecule has 34 heavy (non-hydrogen) atoms. The lowest BCUT2D eigenvalue weighted by atomic mass is 10.1. The lowest BCUT2D eigenvalue weighted by molar-refractivity contribution is 0.415. The lowest BCUT2D eigenvalue weighted by Gasteiger charge is -2.21. The van der Waals surface area contributed by atoms with Crippen molar-refractivity contribution in [3.8, 4) is 11.6 Å². The van der Waals surface area contributed by atoms with E-state index in [4.69, 9.17) is 4.74 Å². The largest absolute Gasteiger partial charge is 0.497 e. The Morgan fingerprint density at radius 3 is 2.62 bits per heavy atom. The first-order valence-electron chi connectivity index (χ1n) is 10.3. The van der Waals surface area contributed by atoms with Gasteiger partial charge in [0.15, 0.2) is 0 Å². The van der Waals surface area contributed by atoms with Gasteiger partial charge in [-0.3, -0.25) is 5.43 Å². The number of aromatic nitrogens is 1. The number of ether oxygens (including phenoxy) is 1. The molecule has 0 fully saturated rings. The molecule has 4 aromatic rings. The van der Waals surface area contributed by atoms with Crippen molar-refractivity contribution in [1.29, 1.82) is 0 Å². The van der Waals surface area contributed by atoms with Crippen LogP contribution in [0.2, 0.25) is 0 Å². The van der Waals surface area contributed by atoms with E-state index >= 15 is 0 Å². The third-order valence-corrected chi connectivity index (χ3v) is 7.00. The summed E-state index contributed by atoms with van der Waals surface area (Å²) >= 11 is 2.90. The SMILES string of the molecule is COc1ccc(N=Nc2sc(N/N=C(\C)c3ccc4c(c3)Nc3ccccc3S4)nc2O)cc1. The van der Waals surface area contributed by atoms with E-state index in [2.05, 4.69) is 55.3 Å². The molecule has 0 aliphatic carbocycles. The van der Waals surface area contributed by atoms with Crippen molar-refractivity contribution in [3.63, 3.8) is 0 Å². The Balaban J connectivity index is 1.28. The summed E-state index contributed by atoms with van der Waals surface area (Å²) in [6.45, 7) is 1.91. The van der Waals surface area contributed by atoms with Crippen LogP contribution in [0.15, 0.2) is 91.9 Å². The number of thiazole rings is 1. The zero-order valence-electron chi connectivity index (χ0n) is 18.3. The molecule has 0 bridgehead atoms. The van der Waals surface area contributed by atoms with Crippen molar-refractivity contribution in [2.24, 2.45) is 15.3 Å². The van der Waals surface area contributed by atoms with Gasteiger partial charge in [0, 0.05) is 9.79 Å². The topological polar surface area (TPSA) is 103 Å². The number of fused-ring (bicyclic) bond motifs is 2. The summed E-state index contributed by atoms with van der Waals surface area (Å²) < 4.78 is 5.13. The average molecular weight is 489 g/mol. The van der Waals surface area contributed by atoms with Gasteiger partial charge in [-0.15, -0.1) is 10.2 Å². The molecule has 0 radical (unpaired) electrons. The number of anilines is 3. The molecule has 0 saturated heterocycles. The van der Waals surface area contributed by atoms with Crippen LogP contribution >= 0.6 is 23.1 Å². The molecule has 1 aliphatic rings. The Bertz CT molecular complexity index is 1400. The van der Waals surface area contributed by atoms with Crippen molar-refractivity contribution in [3.05, 3.63) is 72.3 Å². The Morgan fingerprint density at radius 2 is 1.79 bits per heavy atom. The van der Waals surface area contributed by atoms with Gasteiger partial charge in [-0.05, 0) is 61.0 Å². The second-order valence-electron chi connectivity index (χ2n) is 7.29. The predicted octanol–water partition coefficient (Wildman–Crippen LogP) is 7.32. The number of hydrogen-bond acceptors (Lipinski definition) is 10. The van der Waals surface area contributed by atoms with Gasteiger partial charge in [0.25, 0.3) is 5.88 Å². The third kappa shape index (κ3) is 4.73. The maximum absolute atomic E-state index is 10.1. The Hall–Kier alpha value is -3.89. The number of hydrazone groups is 1. The minimum absolute atomic E-state index is 0.203. The van der Waals surface area contributed by atoms with Crippen molar-refractivity contribution >= 4 is 56.0 Å². The smallest absolute Gasteiger partial charge is 0.253 e. The van der Waals surface area contributed by atoms with Gasteiger partial charge >= 0.3 is 0 Å². The van der Waals surface area contributed by atoms with E-state index in [9.17, 15) is 5.11 Å². The van der Waals surface area contributed by atoms with Crippen LogP contribution in [0.4, 0.5) is 27.2 Å². The summed E-state index contributed by atoms with van der Waals surface area (Å²) in [5, 5.41) is 27.0. The molecule has 0 saturated carbocycles. The fourth-order valence-corrected chi connectivity index (χ4v) is 4.82. The molecular formula is C24H20N6O2S2. The Labute approximate surface area is 204 Å². The average Bonchev–Trinajstić information content (AvgIpc) is 3.23. The molecule has 3 N–H and O–H groups in total. The highest BCUT2D eigenvalue weighted by molar-refractivity contribution is 7.99. The van der Waals surface area contributed by atoms with E-state index in [-0.39, 0.29) is 5.88 Å². The van der Waals surface area contributed by atoms with Crippen LogP contribution in [0.1, 0.15) is 12.5 Å². The fourth-order valence-electron chi connectivity index (χ4n) is 3.23. The summed E-state index contributed by atoms with van der Waals surface area (Å²) in [4.78, 5) is 6.45. The third-order valence-electron chi connectivity index (χ3n) is 5.01. The van der Waals surface area contributed by atoms with Crippen LogP contribution in [-0.2, 0) is 0 Å². The number of nitrogens with zero attached hydrogens (tertiary/aromatic N) is 4. The summed E-state index contributed by atoms with van der Waals surface area (Å²) in [7, 11) is 1.60. The van der Waals surface area contributed by atoms with Gasteiger partial charge in [0.1, 0.15) is 5.75 Å². The van der Waals surface area contributed by atoms with E-state index in [1.807, 2.05) is 25.1 Å². The fraction of sp³-hybridized carbons (Fsp3) is 0.0833. The van der Waals surface area contributed by atoms with E-state index in [0.717, 1.165) is 39.7 Å². The molecule has 170 valence electrons. The number of hydrogen-bond donors (Lipinski definition) is 3. The van der Waals surface area contributed by atoms with Gasteiger partial charge in [-0.2, -0.15) is 10.1 Å². The molecule has 5 rings (SSSR count). The van der Waals surface area contributed by atoms with Crippen molar-refractivity contribution < 1.29 is 9.84 Å². The van der Waals surface area contributed by atoms with E-state index in [1.54, 1.807) is 43.1 Å². The van der Waals surface area contributed by atoms with Crippen LogP contribution in [-0.4, -0.2) is 22.9 Å². The second-order valence-corrected chi connectivity index (χ2v) is 9.35. The molecule has 0 unspecified atom stereocenters. The molecule has 3 aromatic carbocycles. The van der Waals surface area contributed by atoms with Gasteiger partial charge in [-0.1, -0.05) is 41.3 Å². The zero-order chi connectivity index (χ0) is 23.5. The summed E-state index contributed by atoms with van der Waals surface area (Å²) in [6.07, 6.45) is 0. The number of para-hydroxylation sites is 1. The molecule has 1 aliphatic heterocycles. The van der Waals surface area contributed by atoms with E-state index in [0.29, 0.717) is 15.8 Å². The highest BCUT2D eigenvalue weighted by Crippen LogP contribution is 2.44. The maximum Gasteiger partial charge on any atom is 0.253 e. The summed E-state index contributed by atoms with van der Waals surface area (Å²) in [6, 6.07) is 21.6. The van der Waals surface area contributed by atoms with Crippen molar-refractivity contribution in [2.75, 3.05) is 17.9 Å². The van der Waals surface area contributed by atoms with Crippen molar-refractivity contribution in [2.45, 2.75) is 16.7 Å². The van der Waals surface area contributed by atoms with Crippen LogP contribution in [0.3, 0.4) is 0 Å². The Morgan fingerprint density at radius 1 is 1.00 bits per heavy atom. The molecule has 2 heterocycles. The van der Waals surface area contributed by atoms with Gasteiger partial charge in [0.05, 0.1) is 29.9 Å². The number of aromatic hydroxyl groups is 1. The highest BCUT2D eigenvalue weighted by atomic mass is 32.2. The summed E-state index contributed by atoms with van der Waals surface area (Å²) in [5.41, 5.74) is 7.44. The molecule has 0 atom stereocenters. The molecule has 0 spiro atoms. The van der Waals surface area contributed by atoms with Crippen LogP contribution in [0, 0.1) is 0 Å². The molecule has 10 heteroatoms. The van der Waals surface area contributed by atoms with Gasteiger partial charge < -0.3 is 15.2 Å². The summed E-state index contributed by atoms with van der Waals surface area (Å²) in [5.74, 6) is 0.531. The van der Waals surface area contributed by atoms with Crippen molar-refractivity contribution in [1.82, 2.24) is 4.98 Å². The number of azo groups is 1. The number of methoxy groups -OCH3 is 1. The highest BCUT2D eigenvalue weighted by Gasteiger charge is 2.16. The first kappa shape index (κ1) is 21.9. The van der Waals surface area contributed by atoms with Crippen LogP contribution in [0.25, 0.3) is 0 Å². The number of nitrogens with one attached hydrogen (secondary N) is 2. The number of benzene rings is 3. The van der Waals surface area contributed by atoms with Gasteiger partial charge in [-0.25, -0.2) is 0 Å². The number of rotatable bonds is 6. The standard InChI is InChI=1S/C24H20N6O2S2/c1-14(15-7-12-21-19(13-15)25-18-5-3-4-6-20(18)33-21)27-30-24-26-22(31)23(34-24)29-28-16-8-10-17(32-2)11-9-16/h3-13,25,31H,1-2H3,(H,26,30)/b27-14+,29-28?. The first-order chi connectivity index (χ1) is 16.6. The maximum atomic E-state index is 10.1. The monoisotopic (exact) mass is 488 g/mol.